The fourth-order valence-electron chi connectivity index (χ4n) is 1.43. The summed E-state index contributed by atoms with van der Waals surface area (Å²) in [6.45, 7) is 9.95. The number of carboxylic acid groups (broad SMARTS) is 1. The highest BCUT2D eigenvalue weighted by Gasteiger charge is 2.21. The number of hydrogen-bond acceptors (Lipinski definition) is 4. The number of oxazole rings is 1. The third-order valence-electron chi connectivity index (χ3n) is 2.17. The molecule has 0 radical (unpaired) electrons. The van der Waals surface area contributed by atoms with Crippen LogP contribution in [0.2, 0.25) is 0 Å². The largest absolute Gasteiger partial charge is 0.475 e. The lowest BCUT2D eigenvalue weighted by Crippen LogP contribution is -2.18. The van der Waals surface area contributed by atoms with Crippen molar-refractivity contribution >= 4 is 5.97 Å². The molecular weight excluding hydrogens is 234 g/mol. The van der Waals surface area contributed by atoms with Crippen LogP contribution in [0, 0.1) is 5.92 Å². The van der Waals surface area contributed by atoms with Gasteiger partial charge in [0.15, 0.2) is 0 Å². The molecule has 1 rings (SSSR count). The van der Waals surface area contributed by atoms with Gasteiger partial charge in [0.05, 0.1) is 11.3 Å². The summed E-state index contributed by atoms with van der Waals surface area (Å²) in [5, 5.41) is 9.05. The molecule has 0 aliphatic carbocycles. The van der Waals surface area contributed by atoms with Crippen LogP contribution in [0.1, 0.15) is 56.8 Å². The Bertz CT molecular complexity index is 415. The van der Waals surface area contributed by atoms with E-state index in [1.165, 1.54) is 0 Å². The first kappa shape index (κ1) is 14.7. The number of aromatic nitrogens is 1. The van der Waals surface area contributed by atoms with Gasteiger partial charge in [-0.05, 0) is 33.1 Å². The van der Waals surface area contributed by atoms with Gasteiger partial charge in [0.2, 0.25) is 11.7 Å². The quantitative estimate of drug-likeness (QED) is 0.875. The number of ether oxygens (including phenoxy) is 1. The number of carbonyl (C=O) groups is 1. The van der Waals surface area contributed by atoms with Crippen molar-refractivity contribution in [2.24, 2.45) is 5.92 Å². The van der Waals surface area contributed by atoms with Gasteiger partial charge in [-0.3, -0.25) is 0 Å². The van der Waals surface area contributed by atoms with Crippen LogP contribution < -0.4 is 0 Å². The Morgan fingerprint density at radius 1 is 1.44 bits per heavy atom. The molecule has 1 N–H and O–H groups in total. The SMILES string of the molecule is CC(C)Cc1nc(COC(C)(C)C)oc1C(=O)O. The zero-order chi connectivity index (χ0) is 13.9. The zero-order valence-electron chi connectivity index (χ0n) is 11.6. The maximum Gasteiger partial charge on any atom is 0.373 e. The molecule has 5 heteroatoms. The molecule has 0 unspecified atom stereocenters. The first-order chi connectivity index (χ1) is 8.19. The lowest BCUT2D eigenvalue weighted by Gasteiger charge is -2.17. The third-order valence-corrected chi connectivity index (χ3v) is 2.17. The van der Waals surface area contributed by atoms with Crippen molar-refractivity contribution in [1.82, 2.24) is 4.98 Å². The van der Waals surface area contributed by atoms with Crippen molar-refractivity contribution in [2.75, 3.05) is 0 Å². The Morgan fingerprint density at radius 3 is 2.50 bits per heavy atom. The summed E-state index contributed by atoms with van der Waals surface area (Å²) in [5.74, 6) is -0.515. The molecule has 18 heavy (non-hydrogen) atoms. The summed E-state index contributed by atoms with van der Waals surface area (Å²) in [6.07, 6.45) is 0.584. The normalized spacial score (nSPS) is 12.1. The second-order valence-corrected chi connectivity index (χ2v) is 5.69. The Labute approximate surface area is 107 Å². The predicted octanol–water partition coefficient (Wildman–Crippen LogP) is 2.89. The van der Waals surface area contributed by atoms with E-state index < -0.39 is 5.97 Å². The summed E-state index contributed by atoms with van der Waals surface area (Å²) in [4.78, 5) is 15.2. The molecule has 0 aliphatic heterocycles. The van der Waals surface area contributed by atoms with Gasteiger partial charge in [-0.2, -0.15) is 0 Å². The number of carboxylic acids is 1. The van der Waals surface area contributed by atoms with Gasteiger partial charge in [0, 0.05) is 0 Å². The van der Waals surface area contributed by atoms with Gasteiger partial charge < -0.3 is 14.3 Å². The minimum absolute atomic E-state index is 0.0730. The molecule has 1 aromatic rings. The van der Waals surface area contributed by atoms with Gasteiger partial charge in [-0.1, -0.05) is 13.8 Å². The van der Waals surface area contributed by atoms with E-state index in [0.29, 0.717) is 23.9 Å². The Morgan fingerprint density at radius 2 is 2.06 bits per heavy atom. The molecule has 0 spiro atoms. The molecule has 1 heterocycles. The van der Waals surface area contributed by atoms with E-state index in [4.69, 9.17) is 14.3 Å². The van der Waals surface area contributed by atoms with Crippen LogP contribution in [0.25, 0.3) is 0 Å². The van der Waals surface area contributed by atoms with Crippen molar-refractivity contribution in [3.05, 3.63) is 17.3 Å². The highest BCUT2D eigenvalue weighted by molar-refractivity contribution is 5.85. The molecule has 0 amide bonds. The van der Waals surface area contributed by atoms with Crippen molar-refractivity contribution in [1.29, 1.82) is 0 Å². The van der Waals surface area contributed by atoms with Crippen molar-refractivity contribution in [3.8, 4) is 0 Å². The maximum absolute atomic E-state index is 11.0. The molecule has 5 nitrogen and oxygen atoms in total. The first-order valence-electron chi connectivity index (χ1n) is 6.05. The third kappa shape index (κ3) is 4.49. The fraction of sp³-hybridized carbons (Fsp3) is 0.692. The van der Waals surface area contributed by atoms with E-state index in [1.54, 1.807) is 0 Å². The monoisotopic (exact) mass is 255 g/mol. The van der Waals surface area contributed by atoms with Gasteiger partial charge in [-0.15, -0.1) is 0 Å². The highest BCUT2D eigenvalue weighted by Crippen LogP contribution is 2.18. The lowest BCUT2D eigenvalue weighted by atomic mass is 10.1. The molecule has 102 valence electrons. The molecule has 0 aliphatic rings. The summed E-state index contributed by atoms with van der Waals surface area (Å²) < 4.78 is 10.8. The summed E-state index contributed by atoms with van der Waals surface area (Å²) in [7, 11) is 0. The number of aromatic carboxylic acids is 1. The standard InChI is InChI=1S/C13H21NO4/c1-8(2)6-9-11(12(15)16)18-10(14-9)7-17-13(3,4)5/h8H,6-7H2,1-5H3,(H,15,16). The van der Waals surface area contributed by atoms with Gasteiger partial charge >= 0.3 is 5.97 Å². The van der Waals surface area contributed by atoms with E-state index in [1.807, 2.05) is 34.6 Å². The van der Waals surface area contributed by atoms with E-state index >= 15 is 0 Å². The van der Waals surface area contributed by atoms with Crippen LogP contribution >= 0.6 is 0 Å². The smallest absolute Gasteiger partial charge is 0.373 e. The van der Waals surface area contributed by atoms with Gasteiger partial charge in [0.25, 0.3) is 0 Å². The van der Waals surface area contributed by atoms with E-state index in [9.17, 15) is 4.79 Å². The predicted molar refractivity (Wildman–Crippen MR) is 66.5 cm³/mol. The Balaban J connectivity index is 2.85. The topological polar surface area (TPSA) is 72.6 Å². The first-order valence-corrected chi connectivity index (χ1v) is 6.05. The summed E-state index contributed by atoms with van der Waals surface area (Å²) >= 11 is 0. The van der Waals surface area contributed by atoms with Crippen LogP contribution in [-0.4, -0.2) is 21.7 Å². The summed E-state index contributed by atoms with van der Waals surface area (Å²) in [5.41, 5.74) is 0.181. The molecule has 0 bridgehead atoms. The Hall–Kier alpha value is -1.36. The van der Waals surface area contributed by atoms with Crippen LogP contribution in [-0.2, 0) is 17.8 Å². The zero-order valence-corrected chi connectivity index (χ0v) is 11.6. The van der Waals surface area contributed by atoms with E-state index in [-0.39, 0.29) is 18.0 Å². The average molecular weight is 255 g/mol. The molecule has 1 aromatic heterocycles. The molecule has 0 saturated heterocycles. The van der Waals surface area contributed by atoms with Gasteiger partial charge in [-0.25, -0.2) is 9.78 Å². The Kier molecular flexibility index (Phi) is 4.51. The number of rotatable bonds is 5. The molecular formula is C13H21NO4. The van der Waals surface area contributed by atoms with E-state index in [2.05, 4.69) is 4.98 Å². The second kappa shape index (κ2) is 5.52. The van der Waals surface area contributed by atoms with E-state index in [0.717, 1.165) is 0 Å². The minimum atomic E-state index is -1.08. The van der Waals surface area contributed by atoms with Crippen molar-refractivity contribution in [2.45, 2.75) is 53.2 Å². The average Bonchev–Trinajstić information content (AvgIpc) is 2.56. The van der Waals surface area contributed by atoms with Crippen LogP contribution in [0.5, 0.6) is 0 Å². The minimum Gasteiger partial charge on any atom is -0.475 e. The molecule has 0 fully saturated rings. The van der Waals surface area contributed by atoms with Crippen LogP contribution in [0.4, 0.5) is 0 Å². The molecule has 0 saturated carbocycles. The maximum atomic E-state index is 11.0. The van der Waals surface area contributed by atoms with Crippen LogP contribution in [0.15, 0.2) is 4.42 Å². The highest BCUT2D eigenvalue weighted by atomic mass is 16.5. The lowest BCUT2D eigenvalue weighted by molar-refractivity contribution is -0.0246. The molecule has 0 atom stereocenters. The van der Waals surface area contributed by atoms with Crippen molar-refractivity contribution < 1.29 is 19.1 Å². The molecule has 0 aromatic carbocycles. The summed E-state index contributed by atoms with van der Waals surface area (Å²) in [6, 6.07) is 0. The number of nitrogens with zero attached hydrogens (tertiary/aromatic N) is 1. The van der Waals surface area contributed by atoms with Gasteiger partial charge in [0.1, 0.15) is 6.61 Å². The fourth-order valence-corrected chi connectivity index (χ4v) is 1.43. The van der Waals surface area contributed by atoms with Crippen LogP contribution in [0.3, 0.4) is 0 Å². The number of hydrogen-bond donors (Lipinski definition) is 1. The van der Waals surface area contributed by atoms with Crippen molar-refractivity contribution in [3.63, 3.8) is 0 Å². The second-order valence-electron chi connectivity index (χ2n) is 5.69.